The van der Waals surface area contributed by atoms with Crippen LogP contribution >= 0.6 is 22.9 Å². The van der Waals surface area contributed by atoms with E-state index in [4.69, 9.17) is 9.03 Å². The smallest absolute Gasteiger partial charge is 0.257 e. The Morgan fingerprint density at radius 2 is 1.00 bits per heavy atom. The lowest BCUT2D eigenvalue weighted by Crippen LogP contribution is -2.45. The average molecular weight is 499 g/mol. The molecule has 0 aromatic carbocycles. The molecule has 6 N–H and O–H groups in total. The summed E-state index contributed by atoms with van der Waals surface area (Å²) in [6.45, 7) is 18.8. The van der Waals surface area contributed by atoms with Gasteiger partial charge in [0.05, 0.1) is 0 Å². The Hall–Kier alpha value is 0.610. The van der Waals surface area contributed by atoms with Gasteiger partial charge in [0, 0.05) is 46.3 Å². The molecule has 0 saturated carbocycles. The normalized spacial score (nSPS) is 19.7. The number of nitrogens with one attached hydrogen (secondary N) is 6. The van der Waals surface area contributed by atoms with Gasteiger partial charge < -0.3 is 0 Å². The van der Waals surface area contributed by atoms with E-state index in [9.17, 15) is 0 Å². The summed E-state index contributed by atoms with van der Waals surface area (Å²) in [4.78, 5) is 0. The summed E-state index contributed by atoms with van der Waals surface area (Å²) in [6, 6.07) is 0. The first kappa shape index (κ1) is 29.6. The lowest BCUT2D eigenvalue weighted by Gasteiger charge is -2.43. The molecule has 186 valence electrons. The van der Waals surface area contributed by atoms with Gasteiger partial charge in [0.1, 0.15) is 0 Å². The summed E-state index contributed by atoms with van der Waals surface area (Å²) < 4.78 is 13.6. The van der Waals surface area contributed by atoms with E-state index in [1.807, 2.05) is 0 Å². The molecule has 9 nitrogen and oxygen atoms in total. The Balaban J connectivity index is 3.74. The van der Waals surface area contributed by atoms with Crippen molar-refractivity contribution in [2.45, 2.75) is 80.1 Å². The van der Waals surface area contributed by atoms with Gasteiger partial charge in [0.2, 0.25) is 7.51 Å². The number of nitrogens with zero attached hydrogens (tertiary/aromatic N) is 3. The largest absolute Gasteiger partial charge is 0.360 e. The van der Waals surface area contributed by atoms with Crippen LogP contribution in [0.3, 0.4) is 0 Å². The van der Waals surface area contributed by atoms with E-state index in [0.717, 1.165) is 77.8 Å². The first-order valence-electron chi connectivity index (χ1n) is 12.4. The second-order valence-electron chi connectivity index (χ2n) is 7.92. The zero-order chi connectivity index (χ0) is 23.2. The molecule has 1 rings (SSSR count). The van der Waals surface area contributed by atoms with Gasteiger partial charge in [-0.05, 0) is 43.0 Å². The molecule has 1 aliphatic heterocycles. The van der Waals surface area contributed by atoms with Gasteiger partial charge in [0.15, 0.2) is 0 Å². The minimum Gasteiger partial charge on any atom is -0.257 e. The second-order valence-corrected chi connectivity index (χ2v) is 16.4. The molecule has 0 saturated heterocycles. The van der Waals surface area contributed by atoms with E-state index in [2.05, 4.69) is 83.6 Å². The van der Waals surface area contributed by atoms with Crippen molar-refractivity contribution in [3.05, 3.63) is 0 Å². The van der Waals surface area contributed by atoms with Crippen LogP contribution < -0.4 is 30.5 Å². The van der Waals surface area contributed by atoms with E-state index in [-0.39, 0.29) is 0 Å². The maximum Gasteiger partial charge on any atom is 0.360 e. The predicted octanol–water partition coefficient (Wildman–Crippen LogP) is 5.50. The van der Waals surface area contributed by atoms with Gasteiger partial charge in [-0.1, -0.05) is 46.0 Å². The summed E-state index contributed by atoms with van der Waals surface area (Å²) >= 11 is 0. The molecule has 0 unspecified atom stereocenters. The molecule has 0 aliphatic carbocycles. The number of hydrogen-bond donors (Lipinski definition) is 6. The molecule has 0 aromatic heterocycles. The standard InChI is InChI=1S/C19H51N9P3/c1-8-14-20-29(21-15-9-2)26-30(22-16-10-3,23-17-11-4)28(7)31(27-29,24-18-12-5)25-19-13-6/h20-25H,8-19H2,1-7H3/q+1. The molecule has 0 radical (unpaired) electrons. The lowest BCUT2D eigenvalue weighted by atomic mass is 10.5. The Labute approximate surface area is 193 Å². The topological polar surface area (TPSA) is 100 Å². The molecular weight excluding hydrogens is 447 g/mol. The van der Waals surface area contributed by atoms with Crippen LogP contribution in [0.15, 0.2) is 9.03 Å². The molecule has 0 aromatic rings. The summed E-state index contributed by atoms with van der Waals surface area (Å²) in [7, 11) is -4.51. The Kier molecular flexibility index (Phi) is 14.8. The quantitative estimate of drug-likeness (QED) is 0.139. The minimum absolute atomic E-state index is 0.907. The third-order valence-corrected chi connectivity index (χ3v) is 16.2. The van der Waals surface area contributed by atoms with Crippen LogP contribution in [-0.4, -0.2) is 50.8 Å². The van der Waals surface area contributed by atoms with Crippen molar-refractivity contribution in [2.75, 3.05) is 46.3 Å². The van der Waals surface area contributed by atoms with Gasteiger partial charge in [0.25, 0.3) is 7.51 Å². The Morgan fingerprint density at radius 1 is 0.613 bits per heavy atom. The van der Waals surface area contributed by atoms with E-state index < -0.39 is 22.9 Å². The highest BCUT2D eigenvalue weighted by atomic mass is 31.3. The highest BCUT2D eigenvalue weighted by Gasteiger charge is 2.56. The third-order valence-electron chi connectivity index (χ3n) is 4.85. The van der Waals surface area contributed by atoms with Crippen LogP contribution in [0.25, 0.3) is 0 Å². The van der Waals surface area contributed by atoms with Gasteiger partial charge in [-0.15, -0.1) is 10.2 Å². The van der Waals surface area contributed by atoms with Gasteiger partial charge >= 0.3 is 7.87 Å². The second kappa shape index (κ2) is 15.5. The van der Waals surface area contributed by atoms with Crippen molar-refractivity contribution in [2.24, 2.45) is 9.03 Å². The van der Waals surface area contributed by atoms with Crippen molar-refractivity contribution in [3.8, 4) is 0 Å². The van der Waals surface area contributed by atoms with Crippen LogP contribution in [0.4, 0.5) is 0 Å². The fourth-order valence-electron chi connectivity index (χ4n) is 3.13. The van der Waals surface area contributed by atoms with Crippen molar-refractivity contribution in [3.63, 3.8) is 0 Å². The molecule has 12 heteroatoms. The molecule has 0 bridgehead atoms. The van der Waals surface area contributed by atoms with Crippen LogP contribution in [0.2, 0.25) is 0 Å². The maximum atomic E-state index is 5.57. The van der Waals surface area contributed by atoms with E-state index >= 15 is 0 Å². The van der Waals surface area contributed by atoms with E-state index in [0.29, 0.717) is 0 Å². The molecule has 1 heterocycles. The number of hydrogen-bond acceptors (Lipinski definition) is 9. The van der Waals surface area contributed by atoms with Gasteiger partial charge in [-0.3, -0.25) is 20.3 Å². The molecule has 0 amide bonds. The Bertz CT molecular complexity index is 568. The van der Waals surface area contributed by atoms with Crippen LogP contribution in [-0.2, 0) is 0 Å². The summed E-state index contributed by atoms with van der Waals surface area (Å²) in [5.41, 5.74) is 0. The highest BCUT2D eigenvalue weighted by Crippen LogP contribution is 2.77. The van der Waals surface area contributed by atoms with Crippen molar-refractivity contribution >= 4 is 22.9 Å². The van der Waals surface area contributed by atoms with Gasteiger partial charge in [-0.2, -0.15) is 4.52 Å². The summed E-state index contributed by atoms with van der Waals surface area (Å²) in [6.07, 6.45) is 6.40. The SMILES string of the molecule is CCCNP1(NCCC)=N[P+](NCCC)(NCCC)N(C)P(NCCC)(NCCC)=N1. The molecule has 1 aliphatic rings. The zero-order valence-corrected chi connectivity index (χ0v) is 23.9. The third kappa shape index (κ3) is 8.40. The minimum atomic E-state index is -2.31. The monoisotopic (exact) mass is 498 g/mol. The fourth-order valence-corrected chi connectivity index (χ4v) is 16.8. The van der Waals surface area contributed by atoms with Crippen LogP contribution in [0.1, 0.15) is 80.1 Å². The highest BCUT2D eigenvalue weighted by molar-refractivity contribution is 7.88. The molecule has 0 fully saturated rings. The van der Waals surface area contributed by atoms with Crippen LogP contribution in [0.5, 0.6) is 0 Å². The van der Waals surface area contributed by atoms with E-state index in [1.54, 1.807) is 0 Å². The molecule has 0 atom stereocenters. The van der Waals surface area contributed by atoms with Crippen molar-refractivity contribution in [1.82, 2.24) is 35.0 Å². The van der Waals surface area contributed by atoms with E-state index in [1.165, 1.54) is 0 Å². The van der Waals surface area contributed by atoms with Crippen LogP contribution in [0, 0.1) is 0 Å². The summed E-state index contributed by atoms with van der Waals surface area (Å²) in [5, 5.41) is 23.1. The molecule has 31 heavy (non-hydrogen) atoms. The summed E-state index contributed by atoms with van der Waals surface area (Å²) in [5.74, 6) is 0. The molecule has 0 spiro atoms. The number of rotatable bonds is 18. The van der Waals surface area contributed by atoms with Crippen molar-refractivity contribution < 1.29 is 0 Å². The fraction of sp³-hybridized carbons (Fsp3) is 1.00. The first-order chi connectivity index (χ1) is 14.9. The first-order valence-corrected chi connectivity index (χ1v) is 17.4. The van der Waals surface area contributed by atoms with Gasteiger partial charge in [-0.25, -0.2) is 0 Å². The Morgan fingerprint density at radius 3 is 1.39 bits per heavy atom. The van der Waals surface area contributed by atoms with Crippen molar-refractivity contribution in [1.29, 1.82) is 0 Å². The predicted molar refractivity (Wildman–Crippen MR) is 143 cm³/mol. The zero-order valence-electron chi connectivity index (χ0n) is 21.2. The lowest BCUT2D eigenvalue weighted by molar-refractivity contribution is 0.677. The average Bonchev–Trinajstić information content (AvgIpc) is 2.79. The maximum absolute atomic E-state index is 5.57. The molecular formula is C19H51N9P3+.